The molecule has 0 bridgehead atoms. The Morgan fingerprint density at radius 3 is 2.57 bits per heavy atom. The summed E-state index contributed by atoms with van der Waals surface area (Å²) in [5.74, 6) is 0. The van der Waals surface area contributed by atoms with Gasteiger partial charge in [0, 0.05) is 0 Å². The van der Waals surface area contributed by atoms with Crippen molar-refractivity contribution in [3.63, 3.8) is 0 Å². The predicted molar refractivity (Wildman–Crippen MR) is 34.4 cm³/mol. The van der Waals surface area contributed by atoms with Gasteiger partial charge in [-0.3, -0.25) is 0 Å². The van der Waals surface area contributed by atoms with Crippen molar-refractivity contribution in [2.24, 2.45) is 0 Å². The second-order valence-electron chi connectivity index (χ2n) is 1.66. The Morgan fingerprint density at radius 1 is 1.71 bits per heavy atom. The molecule has 0 radical (unpaired) electrons. The molecule has 0 spiro atoms. The van der Waals surface area contributed by atoms with Gasteiger partial charge in [0.25, 0.3) is 0 Å². The second kappa shape index (κ2) is 2.04. The molecule has 0 aliphatic rings. The van der Waals surface area contributed by atoms with Gasteiger partial charge in [0.05, 0.1) is 0 Å². The van der Waals surface area contributed by atoms with E-state index in [2.05, 4.69) is 36.1 Å². The zero-order chi connectivity index (χ0) is 5.28. The maximum atomic E-state index is 2.14. The summed E-state index contributed by atoms with van der Waals surface area (Å²) in [6.45, 7) is 2.13. The summed E-state index contributed by atoms with van der Waals surface area (Å²) in [4.78, 5) is 0. The molecule has 0 amide bonds. The van der Waals surface area contributed by atoms with Crippen LogP contribution in [0.1, 0.15) is 5.56 Å². The van der Waals surface area contributed by atoms with E-state index in [9.17, 15) is 0 Å². The molecule has 0 saturated carbocycles. The van der Waals surface area contributed by atoms with Crippen LogP contribution in [0.3, 0.4) is 0 Å². The molecular formula is C5H5LiS. The fourth-order valence-corrected chi connectivity index (χ4v) is 1.18. The maximum absolute atomic E-state index is 2.14. The van der Waals surface area contributed by atoms with Gasteiger partial charge in [0.2, 0.25) is 0 Å². The monoisotopic (exact) mass is 104 g/mol. The Balaban J connectivity index is 3.12. The third kappa shape index (κ3) is 1.10. The van der Waals surface area contributed by atoms with Gasteiger partial charge in [-0.2, -0.15) is 0 Å². The van der Waals surface area contributed by atoms with Crippen molar-refractivity contribution in [2.45, 2.75) is 6.92 Å². The Hall–Kier alpha value is 0.297. The van der Waals surface area contributed by atoms with Crippen LogP contribution in [0.25, 0.3) is 0 Å². The van der Waals surface area contributed by atoms with Crippen LogP contribution in [0.4, 0.5) is 0 Å². The fraction of sp³-hybridized carbons (Fsp3) is 0.200. The predicted octanol–water partition coefficient (Wildman–Crippen LogP) is 0.850. The van der Waals surface area contributed by atoms with Crippen LogP contribution in [0.5, 0.6) is 0 Å². The van der Waals surface area contributed by atoms with Gasteiger partial charge >= 0.3 is 56.5 Å². The van der Waals surface area contributed by atoms with Gasteiger partial charge in [-0.05, 0) is 0 Å². The Labute approximate surface area is 56.8 Å². The summed E-state index contributed by atoms with van der Waals surface area (Å²) in [6.07, 6.45) is 0. The van der Waals surface area contributed by atoms with Crippen LogP contribution in [0.15, 0.2) is 11.4 Å². The molecule has 0 unspecified atom stereocenters. The normalized spacial score (nSPS) is 9.57. The number of aryl methyl sites for hydroxylation is 1. The molecule has 0 aliphatic carbocycles. The van der Waals surface area contributed by atoms with Crippen LogP contribution < -0.4 is 3.55 Å². The summed E-state index contributed by atoms with van der Waals surface area (Å²) in [6, 6.07) is 2.14. The van der Waals surface area contributed by atoms with E-state index in [0.29, 0.717) is 0 Å². The first-order valence-electron chi connectivity index (χ1n) is 2.31. The van der Waals surface area contributed by atoms with E-state index in [1.807, 2.05) is 0 Å². The van der Waals surface area contributed by atoms with Crippen molar-refractivity contribution in [2.75, 3.05) is 0 Å². The van der Waals surface area contributed by atoms with Gasteiger partial charge in [-0.1, -0.05) is 0 Å². The van der Waals surface area contributed by atoms with Gasteiger partial charge in [-0.15, -0.1) is 0 Å². The molecule has 0 saturated heterocycles. The molecular weight excluding hydrogens is 99.1 g/mol. The van der Waals surface area contributed by atoms with Crippen molar-refractivity contribution < 1.29 is 0 Å². The fourth-order valence-electron chi connectivity index (χ4n) is 0.448. The molecule has 0 N–H and O–H groups in total. The molecule has 0 fully saturated rings. The zero-order valence-corrected chi connectivity index (χ0v) is 5.38. The van der Waals surface area contributed by atoms with Crippen LogP contribution >= 0.6 is 11.3 Å². The van der Waals surface area contributed by atoms with E-state index in [4.69, 9.17) is 0 Å². The topological polar surface area (TPSA) is 0 Å². The Bertz CT molecular complexity index is 140. The minimum atomic E-state index is 1.41. The first-order chi connectivity index (χ1) is 3.30. The summed E-state index contributed by atoms with van der Waals surface area (Å²) in [7, 11) is 0. The third-order valence-corrected chi connectivity index (χ3v) is 2.07. The molecule has 0 aromatic carbocycles. The first-order valence-corrected chi connectivity index (χ1v) is 3.19. The summed E-state index contributed by atoms with van der Waals surface area (Å²) in [5.41, 5.74) is 1.41. The van der Waals surface area contributed by atoms with E-state index in [-0.39, 0.29) is 0 Å². The third-order valence-electron chi connectivity index (χ3n) is 1.12. The van der Waals surface area contributed by atoms with E-state index >= 15 is 0 Å². The Kier molecular flexibility index (Phi) is 1.59. The number of thiophene rings is 1. The van der Waals surface area contributed by atoms with Crippen LogP contribution in [0, 0.1) is 6.92 Å². The molecule has 1 heterocycles. The van der Waals surface area contributed by atoms with Gasteiger partial charge in [0.1, 0.15) is 0 Å². The molecule has 32 valence electrons. The Morgan fingerprint density at radius 2 is 2.43 bits per heavy atom. The number of hydrogen-bond acceptors (Lipinski definition) is 1. The zero-order valence-electron chi connectivity index (χ0n) is 4.56. The molecule has 1 rings (SSSR count). The van der Waals surface area contributed by atoms with Crippen molar-refractivity contribution in [1.29, 1.82) is 0 Å². The van der Waals surface area contributed by atoms with Crippen molar-refractivity contribution in [3.05, 3.63) is 17.0 Å². The quantitative estimate of drug-likeness (QED) is 0.428. The average Bonchev–Trinajstić information content (AvgIpc) is 1.91. The second-order valence-corrected chi connectivity index (χ2v) is 2.78. The molecule has 0 atom stereocenters. The molecule has 1 aromatic rings. The van der Waals surface area contributed by atoms with E-state index in [0.717, 1.165) is 0 Å². The van der Waals surface area contributed by atoms with Crippen molar-refractivity contribution in [1.82, 2.24) is 0 Å². The van der Waals surface area contributed by atoms with Crippen molar-refractivity contribution in [3.8, 4) is 0 Å². The van der Waals surface area contributed by atoms with Gasteiger partial charge in [-0.25, -0.2) is 0 Å². The number of rotatable bonds is 0. The van der Waals surface area contributed by atoms with Crippen LogP contribution in [-0.2, 0) is 0 Å². The molecule has 7 heavy (non-hydrogen) atoms. The summed E-state index contributed by atoms with van der Waals surface area (Å²) >= 11 is 3.94. The average molecular weight is 104 g/mol. The number of hydrogen-bond donors (Lipinski definition) is 0. The molecule has 2 heteroatoms. The molecule has 1 aromatic heterocycles. The summed E-state index contributed by atoms with van der Waals surface area (Å²) < 4.78 is 1.43. The molecule has 0 aliphatic heterocycles. The van der Waals surface area contributed by atoms with Gasteiger partial charge in [0.15, 0.2) is 0 Å². The van der Waals surface area contributed by atoms with E-state index in [1.165, 1.54) is 9.11 Å². The standard InChI is InChI=1S/C5H5S.Li/c1-5-2-3-6-4-5;/h2-3H,1H3;. The molecule has 0 nitrogen and oxygen atoms in total. The van der Waals surface area contributed by atoms with Crippen molar-refractivity contribution >= 4 is 32.6 Å². The SMILES string of the molecule is [Li][c]1sccc1C. The minimum absolute atomic E-state index is 1.41. The van der Waals surface area contributed by atoms with Crippen LogP contribution in [0.2, 0.25) is 0 Å². The van der Waals surface area contributed by atoms with E-state index < -0.39 is 0 Å². The van der Waals surface area contributed by atoms with E-state index in [1.54, 1.807) is 11.3 Å². The van der Waals surface area contributed by atoms with Gasteiger partial charge < -0.3 is 0 Å². The van der Waals surface area contributed by atoms with Crippen LogP contribution in [-0.4, -0.2) is 17.7 Å². The first kappa shape index (κ1) is 5.43. The summed E-state index contributed by atoms with van der Waals surface area (Å²) in [5, 5.41) is 2.12.